The Morgan fingerprint density at radius 1 is 1.12 bits per heavy atom. The molecule has 7 nitrogen and oxygen atoms in total. The molecule has 0 bridgehead atoms. The van der Waals surface area contributed by atoms with Crippen LogP contribution < -0.4 is 10.1 Å². The summed E-state index contributed by atoms with van der Waals surface area (Å²) in [6, 6.07) is 16.7. The standard InChI is InChI=1S/C24H25N3O4S/c1-3-29-17-10-8-16(9-11-17)19-12-13-20(31-19)23-22(18-7-5-6-14-25-18)26-24(32)27(23)15-21(28)30-4-2/h5-14,22-23H,3-4,15H2,1-2H3,(H,26,32). The molecule has 1 aliphatic heterocycles. The van der Waals surface area contributed by atoms with Crippen molar-refractivity contribution >= 4 is 23.3 Å². The molecule has 2 unspecified atom stereocenters. The number of benzene rings is 1. The first kappa shape index (κ1) is 21.8. The zero-order valence-electron chi connectivity index (χ0n) is 18.0. The Bertz CT molecular complexity index is 1070. The van der Waals surface area contributed by atoms with E-state index in [0.717, 1.165) is 22.8 Å². The minimum atomic E-state index is -0.349. The van der Waals surface area contributed by atoms with E-state index in [0.29, 0.717) is 24.1 Å². The van der Waals surface area contributed by atoms with Crippen molar-refractivity contribution in [2.75, 3.05) is 19.8 Å². The molecule has 0 spiro atoms. The maximum atomic E-state index is 12.3. The van der Waals surface area contributed by atoms with E-state index in [9.17, 15) is 4.79 Å². The normalized spacial score (nSPS) is 17.8. The number of aromatic nitrogens is 1. The molecule has 0 amide bonds. The number of esters is 1. The fourth-order valence-electron chi connectivity index (χ4n) is 3.78. The summed E-state index contributed by atoms with van der Waals surface area (Å²) in [5.41, 5.74) is 1.74. The molecular weight excluding hydrogens is 426 g/mol. The van der Waals surface area contributed by atoms with Crippen LogP contribution in [0.1, 0.15) is 37.4 Å². The van der Waals surface area contributed by atoms with Crippen LogP contribution >= 0.6 is 12.2 Å². The molecule has 4 rings (SSSR count). The van der Waals surface area contributed by atoms with Gasteiger partial charge in [0, 0.05) is 11.8 Å². The fraction of sp³-hybridized carbons (Fsp3) is 0.292. The molecule has 166 valence electrons. The van der Waals surface area contributed by atoms with Crippen molar-refractivity contribution in [3.05, 3.63) is 72.2 Å². The summed E-state index contributed by atoms with van der Waals surface area (Å²) in [5, 5.41) is 3.75. The number of ether oxygens (including phenoxy) is 2. The number of furan rings is 1. The van der Waals surface area contributed by atoms with Crippen LogP contribution in [0, 0.1) is 0 Å². The SMILES string of the molecule is CCOC(=O)CN1C(=S)NC(c2ccccn2)C1c1ccc(-c2ccc(OCC)cc2)o1. The van der Waals surface area contributed by atoms with Gasteiger partial charge in [-0.3, -0.25) is 9.78 Å². The molecule has 1 aromatic carbocycles. The highest BCUT2D eigenvalue weighted by molar-refractivity contribution is 7.80. The summed E-state index contributed by atoms with van der Waals surface area (Å²) in [7, 11) is 0. The van der Waals surface area contributed by atoms with E-state index in [1.165, 1.54) is 0 Å². The van der Waals surface area contributed by atoms with Crippen LogP contribution in [0.15, 0.2) is 65.2 Å². The lowest BCUT2D eigenvalue weighted by Gasteiger charge is -2.25. The third-order valence-corrected chi connectivity index (χ3v) is 5.52. The number of carbonyl (C=O) groups is 1. The molecule has 3 aromatic rings. The zero-order chi connectivity index (χ0) is 22.5. The van der Waals surface area contributed by atoms with Crippen molar-refractivity contribution in [3.8, 4) is 17.1 Å². The van der Waals surface area contributed by atoms with E-state index in [1.54, 1.807) is 18.0 Å². The molecule has 0 aliphatic carbocycles. The Morgan fingerprint density at radius 3 is 2.62 bits per heavy atom. The van der Waals surface area contributed by atoms with Crippen LogP contribution in [0.3, 0.4) is 0 Å². The van der Waals surface area contributed by atoms with Gasteiger partial charge in [-0.2, -0.15) is 0 Å². The predicted molar refractivity (Wildman–Crippen MR) is 124 cm³/mol. The lowest BCUT2D eigenvalue weighted by Crippen LogP contribution is -2.35. The average molecular weight is 452 g/mol. The highest BCUT2D eigenvalue weighted by Gasteiger charge is 2.42. The highest BCUT2D eigenvalue weighted by Crippen LogP contribution is 2.40. The molecule has 3 heterocycles. The molecular formula is C24H25N3O4S. The Morgan fingerprint density at radius 2 is 1.94 bits per heavy atom. The monoisotopic (exact) mass is 451 g/mol. The molecule has 0 radical (unpaired) electrons. The van der Waals surface area contributed by atoms with Gasteiger partial charge in [0.2, 0.25) is 0 Å². The van der Waals surface area contributed by atoms with E-state index in [1.807, 2.05) is 61.5 Å². The van der Waals surface area contributed by atoms with Crippen LogP contribution in [0.4, 0.5) is 0 Å². The molecule has 32 heavy (non-hydrogen) atoms. The van der Waals surface area contributed by atoms with Gasteiger partial charge < -0.3 is 24.1 Å². The van der Waals surface area contributed by atoms with Crippen LogP contribution in [-0.4, -0.2) is 40.7 Å². The van der Waals surface area contributed by atoms with E-state index < -0.39 is 0 Å². The van der Waals surface area contributed by atoms with Crippen molar-refractivity contribution in [1.82, 2.24) is 15.2 Å². The first-order chi connectivity index (χ1) is 15.6. The number of hydrogen-bond donors (Lipinski definition) is 1. The summed E-state index contributed by atoms with van der Waals surface area (Å²) in [6.07, 6.45) is 1.73. The van der Waals surface area contributed by atoms with E-state index in [2.05, 4.69) is 10.3 Å². The number of nitrogens with zero attached hydrogens (tertiary/aromatic N) is 2. The maximum Gasteiger partial charge on any atom is 0.325 e. The maximum absolute atomic E-state index is 12.3. The van der Waals surface area contributed by atoms with Gasteiger partial charge in [-0.15, -0.1) is 0 Å². The molecule has 0 saturated carbocycles. The van der Waals surface area contributed by atoms with Crippen LogP contribution in [0.5, 0.6) is 5.75 Å². The fourth-order valence-corrected chi connectivity index (χ4v) is 4.08. The van der Waals surface area contributed by atoms with Crippen molar-refractivity contribution in [2.45, 2.75) is 25.9 Å². The highest BCUT2D eigenvalue weighted by atomic mass is 32.1. The Kier molecular flexibility index (Phi) is 6.70. The second-order valence-electron chi connectivity index (χ2n) is 7.22. The second kappa shape index (κ2) is 9.82. The summed E-state index contributed by atoms with van der Waals surface area (Å²) >= 11 is 5.56. The lowest BCUT2D eigenvalue weighted by molar-refractivity contribution is -0.143. The third kappa shape index (κ3) is 4.60. The first-order valence-electron chi connectivity index (χ1n) is 10.6. The van der Waals surface area contributed by atoms with Gasteiger partial charge in [-0.25, -0.2) is 0 Å². The van der Waals surface area contributed by atoms with Gasteiger partial charge in [0.15, 0.2) is 5.11 Å². The number of pyridine rings is 1. The van der Waals surface area contributed by atoms with E-state index in [4.69, 9.17) is 26.1 Å². The second-order valence-corrected chi connectivity index (χ2v) is 7.61. The number of hydrogen-bond acceptors (Lipinski definition) is 6. The molecule has 1 saturated heterocycles. The first-order valence-corrected chi connectivity index (χ1v) is 11.0. The Labute approximate surface area is 192 Å². The smallest absolute Gasteiger partial charge is 0.325 e. The lowest BCUT2D eigenvalue weighted by atomic mass is 10.0. The van der Waals surface area contributed by atoms with Gasteiger partial charge in [-0.1, -0.05) is 6.07 Å². The van der Waals surface area contributed by atoms with Gasteiger partial charge >= 0.3 is 5.97 Å². The molecule has 8 heteroatoms. The Hall–Kier alpha value is -3.39. The van der Waals surface area contributed by atoms with Crippen LogP contribution in [0.2, 0.25) is 0 Å². The number of nitrogens with one attached hydrogen (secondary N) is 1. The van der Waals surface area contributed by atoms with Gasteiger partial charge in [0.05, 0.1) is 24.9 Å². The molecule has 1 N–H and O–H groups in total. The Balaban J connectivity index is 1.66. The summed E-state index contributed by atoms with van der Waals surface area (Å²) < 4.78 is 16.9. The zero-order valence-corrected chi connectivity index (χ0v) is 18.8. The van der Waals surface area contributed by atoms with Gasteiger partial charge in [-0.05, 0) is 74.6 Å². The van der Waals surface area contributed by atoms with Crippen LogP contribution in [-0.2, 0) is 9.53 Å². The number of carbonyl (C=O) groups excluding carboxylic acids is 1. The van der Waals surface area contributed by atoms with Gasteiger partial charge in [0.1, 0.15) is 29.9 Å². The quantitative estimate of drug-likeness (QED) is 0.402. The molecule has 1 fully saturated rings. The molecule has 2 atom stereocenters. The van der Waals surface area contributed by atoms with E-state index >= 15 is 0 Å². The minimum absolute atomic E-state index is 0.0206. The number of rotatable bonds is 8. The van der Waals surface area contributed by atoms with Crippen molar-refractivity contribution in [1.29, 1.82) is 0 Å². The third-order valence-electron chi connectivity index (χ3n) is 5.17. The van der Waals surface area contributed by atoms with Crippen molar-refractivity contribution in [2.24, 2.45) is 0 Å². The van der Waals surface area contributed by atoms with Gasteiger partial charge in [0.25, 0.3) is 0 Å². The van der Waals surface area contributed by atoms with E-state index in [-0.39, 0.29) is 24.6 Å². The van der Waals surface area contributed by atoms with Crippen LogP contribution in [0.25, 0.3) is 11.3 Å². The largest absolute Gasteiger partial charge is 0.494 e. The summed E-state index contributed by atoms with van der Waals surface area (Å²) in [6.45, 7) is 4.68. The minimum Gasteiger partial charge on any atom is -0.494 e. The summed E-state index contributed by atoms with van der Waals surface area (Å²) in [5.74, 6) is 1.86. The van der Waals surface area contributed by atoms with Crippen molar-refractivity contribution in [3.63, 3.8) is 0 Å². The molecule has 2 aromatic heterocycles. The number of thiocarbonyl (C=S) groups is 1. The average Bonchev–Trinajstić information content (AvgIpc) is 3.40. The van der Waals surface area contributed by atoms with Crippen molar-refractivity contribution < 1.29 is 18.7 Å². The predicted octanol–water partition coefficient (Wildman–Crippen LogP) is 4.28. The summed E-state index contributed by atoms with van der Waals surface area (Å²) in [4.78, 5) is 18.6. The molecule has 1 aliphatic rings. The topological polar surface area (TPSA) is 76.8 Å².